The molecule has 0 bridgehead atoms. The van der Waals surface area contributed by atoms with Gasteiger partial charge in [-0.15, -0.1) is 0 Å². The van der Waals surface area contributed by atoms with E-state index in [0.29, 0.717) is 5.02 Å². The zero-order valence-corrected chi connectivity index (χ0v) is 13.7. The summed E-state index contributed by atoms with van der Waals surface area (Å²) in [4.78, 5) is 13.2. The molecule has 0 aliphatic heterocycles. The van der Waals surface area contributed by atoms with Gasteiger partial charge >= 0.3 is 5.97 Å². The van der Waals surface area contributed by atoms with Gasteiger partial charge in [-0.25, -0.2) is 0 Å². The molecular weight excluding hydrogens is 318 g/mol. The summed E-state index contributed by atoms with van der Waals surface area (Å²) in [5.74, 6) is -0.436. The molecule has 0 saturated heterocycles. The molecule has 118 valence electrons. The third-order valence-corrected chi connectivity index (χ3v) is 3.55. The van der Waals surface area contributed by atoms with Crippen molar-refractivity contribution in [3.05, 3.63) is 28.8 Å². The highest BCUT2D eigenvalue weighted by molar-refractivity contribution is 7.85. The molecule has 0 unspecified atom stereocenters. The number of esters is 1. The molecule has 6 nitrogen and oxygen atoms in total. The monoisotopic (exact) mass is 335 g/mol. The SMILES string of the molecule is COC(=O)CN(CCOS(C)(=O)=O)c1cc(Cl)ccc1C. The van der Waals surface area contributed by atoms with Crippen LogP contribution in [0.4, 0.5) is 5.69 Å². The Balaban J connectivity index is 2.90. The molecule has 0 saturated carbocycles. The number of anilines is 1. The third-order valence-electron chi connectivity index (χ3n) is 2.72. The van der Waals surface area contributed by atoms with Gasteiger partial charge in [0.05, 0.1) is 20.0 Å². The van der Waals surface area contributed by atoms with Crippen LogP contribution in [0.15, 0.2) is 18.2 Å². The van der Waals surface area contributed by atoms with Crippen LogP contribution in [0.2, 0.25) is 5.02 Å². The number of hydrogen-bond acceptors (Lipinski definition) is 6. The summed E-state index contributed by atoms with van der Waals surface area (Å²) in [5, 5.41) is 0.523. The minimum Gasteiger partial charge on any atom is -0.468 e. The number of carbonyl (C=O) groups excluding carboxylic acids is 1. The number of halogens is 1. The summed E-state index contributed by atoms with van der Waals surface area (Å²) in [6, 6.07) is 5.27. The fourth-order valence-electron chi connectivity index (χ4n) is 1.73. The topological polar surface area (TPSA) is 72.9 Å². The average Bonchev–Trinajstić information content (AvgIpc) is 2.39. The smallest absolute Gasteiger partial charge is 0.325 e. The first-order chi connectivity index (χ1) is 9.73. The van der Waals surface area contributed by atoms with E-state index in [1.165, 1.54) is 7.11 Å². The molecule has 0 fully saturated rings. The van der Waals surface area contributed by atoms with Crippen molar-refractivity contribution in [2.75, 3.05) is 38.0 Å². The van der Waals surface area contributed by atoms with Crippen molar-refractivity contribution in [1.82, 2.24) is 0 Å². The lowest BCUT2D eigenvalue weighted by Crippen LogP contribution is -2.34. The maximum atomic E-state index is 11.5. The molecule has 0 aliphatic carbocycles. The lowest BCUT2D eigenvalue weighted by molar-refractivity contribution is -0.138. The maximum absolute atomic E-state index is 11.5. The van der Waals surface area contributed by atoms with E-state index >= 15 is 0 Å². The number of benzene rings is 1. The zero-order chi connectivity index (χ0) is 16.0. The summed E-state index contributed by atoms with van der Waals surface area (Å²) in [7, 11) is -2.23. The van der Waals surface area contributed by atoms with E-state index in [1.54, 1.807) is 17.0 Å². The molecule has 0 spiro atoms. The van der Waals surface area contributed by atoms with Crippen molar-refractivity contribution in [1.29, 1.82) is 0 Å². The van der Waals surface area contributed by atoms with Gasteiger partial charge < -0.3 is 9.64 Å². The van der Waals surface area contributed by atoms with Gasteiger partial charge in [0.1, 0.15) is 6.54 Å². The predicted octanol–water partition coefficient (Wildman–Crippen LogP) is 1.60. The largest absolute Gasteiger partial charge is 0.468 e. The second-order valence-corrected chi connectivity index (χ2v) is 6.53. The second-order valence-electron chi connectivity index (χ2n) is 4.45. The van der Waals surface area contributed by atoms with Gasteiger partial charge in [0.25, 0.3) is 10.1 Å². The van der Waals surface area contributed by atoms with E-state index in [0.717, 1.165) is 17.5 Å². The van der Waals surface area contributed by atoms with Crippen LogP contribution < -0.4 is 4.90 Å². The van der Waals surface area contributed by atoms with Gasteiger partial charge in [-0.2, -0.15) is 8.42 Å². The molecule has 0 amide bonds. The summed E-state index contributed by atoms with van der Waals surface area (Å²) < 4.78 is 31.3. The van der Waals surface area contributed by atoms with Crippen molar-refractivity contribution in [2.24, 2.45) is 0 Å². The Bertz CT molecular complexity index is 603. The van der Waals surface area contributed by atoms with Gasteiger partial charge in [-0.3, -0.25) is 8.98 Å². The first-order valence-corrected chi connectivity index (χ1v) is 8.34. The fraction of sp³-hybridized carbons (Fsp3) is 0.462. The Morgan fingerprint density at radius 1 is 1.38 bits per heavy atom. The van der Waals surface area contributed by atoms with E-state index in [4.69, 9.17) is 15.8 Å². The van der Waals surface area contributed by atoms with Crippen LogP contribution in [0.1, 0.15) is 5.56 Å². The molecule has 0 radical (unpaired) electrons. The van der Waals surface area contributed by atoms with Crippen molar-refractivity contribution >= 4 is 33.4 Å². The van der Waals surface area contributed by atoms with Crippen molar-refractivity contribution < 1.29 is 22.1 Å². The molecule has 0 heterocycles. The quantitative estimate of drug-likeness (QED) is 0.556. The number of rotatable bonds is 7. The zero-order valence-electron chi connectivity index (χ0n) is 12.1. The Labute approximate surface area is 129 Å². The molecule has 1 aromatic rings. The number of carbonyl (C=O) groups is 1. The van der Waals surface area contributed by atoms with Crippen LogP contribution in [-0.2, 0) is 23.8 Å². The molecule has 21 heavy (non-hydrogen) atoms. The minimum absolute atomic E-state index is 0.0230. The molecule has 1 rings (SSSR count). The van der Waals surface area contributed by atoms with Gasteiger partial charge in [0.15, 0.2) is 0 Å². The van der Waals surface area contributed by atoms with Crippen LogP contribution >= 0.6 is 11.6 Å². The van der Waals surface area contributed by atoms with E-state index in [2.05, 4.69) is 4.74 Å². The highest BCUT2D eigenvalue weighted by atomic mass is 35.5. The van der Waals surface area contributed by atoms with Crippen LogP contribution in [-0.4, -0.2) is 47.4 Å². The van der Waals surface area contributed by atoms with E-state index in [1.807, 2.05) is 13.0 Å². The highest BCUT2D eigenvalue weighted by Gasteiger charge is 2.15. The van der Waals surface area contributed by atoms with Gasteiger partial charge in [-0.05, 0) is 24.6 Å². The molecule has 0 atom stereocenters. The number of aryl methyl sites for hydroxylation is 1. The Kier molecular flexibility index (Phi) is 6.44. The number of methoxy groups -OCH3 is 1. The molecule has 0 N–H and O–H groups in total. The maximum Gasteiger partial charge on any atom is 0.325 e. The van der Waals surface area contributed by atoms with Crippen molar-refractivity contribution in [3.63, 3.8) is 0 Å². The molecule has 8 heteroatoms. The minimum atomic E-state index is -3.52. The number of hydrogen-bond donors (Lipinski definition) is 0. The summed E-state index contributed by atoms with van der Waals surface area (Å²) in [5.41, 5.74) is 1.63. The highest BCUT2D eigenvalue weighted by Crippen LogP contribution is 2.24. The van der Waals surface area contributed by atoms with Gasteiger partial charge in [0.2, 0.25) is 0 Å². The van der Waals surface area contributed by atoms with Crippen molar-refractivity contribution in [2.45, 2.75) is 6.92 Å². The van der Waals surface area contributed by atoms with E-state index in [-0.39, 0.29) is 19.7 Å². The summed E-state index contributed by atoms with van der Waals surface area (Å²) in [6.45, 7) is 1.99. The van der Waals surface area contributed by atoms with Crippen molar-refractivity contribution in [3.8, 4) is 0 Å². The summed E-state index contributed by atoms with van der Waals surface area (Å²) in [6.07, 6.45) is 0.974. The summed E-state index contributed by atoms with van der Waals surface area (Å²) >= 11 is 5.97. The predicted molar refractivity (Wildman–Crippen MR) is 81.2 cm³/mol. The number of nitrogens with zero attached hydrogens (tertiary/aromatic N) is 1. The molecule has 0 aromatic heterocycles. The first kappa shape index (κ1) is 17.7. The standard InChI is InChI=1S/C13H18ClNO5S/c1-10-4-5-11(14)8-12(10)15(9-13(16)19-2)6-7-20-21(3,17)18/h4-5,8H,6-7,9H2,1-3H3. The lowest BCUT2D eigenvalue weighted by Gasteiger charge is -2.25. The molecule has 1 aromatic carbocycles. The average molecular weight is 336 g/mol. The molecule has 0 aliphatic rings. The van der Waals surface area contributed by atoms with Crippen LogP contribution in [0.25, 0.3) is 0 Å². The van der Waals surface area contributed by atoms with E-state index in [9.17, 15) is 13.2 Å². The Morgan fingerprint density at radius 2 is 2.05 bits per heavy atom. The third kappa shape index (κ3) is 6.33. The normalized spacial score (nSPS) is 11.2. The second kappa shape index (κ2) is 7.63. The van der Waals surface area contributed by atoms with Crippen LogP contribution in [0, 0.1) is 6.92 Å². The Morgan fingerprint density at radius 3 is 2.62 bits per heavy atom. The fourth-order valence-corrected chi connectivity index (χ4v) is 2.27. The van der Waals surface area contributed by atoms with Crippen LogP contribution in [0.5, 0.6) is 0 Å². The lowest BCUT2D eigenvalue weighted by atomic mass is 10.2. The van der Waals surface area contributed by atoms with E-state index < -0.39 is 16.1 Å². The molecular formula is C13H18ClNO5S. The number of ether oxygens (including phenoxy) is 1. The van der Waals surface area contributed by atoms with Gasteiger partial charge in [0, 0.05) is 17.3 Å². The van der Waals surface area contributed by atoms with Crippen LogP contribution in [0.3, 0.4) is 0 Å². The first-order valence-electron chi connectivity index (χ1n) is 6.15. The van der Waals surface area contributed by atoms with Gasteiger partial charge in [-0.1, -0.05) is 17.7 Å². The Hall–Kier alpha value is -1.31.